The standard InChI is InChI=1S/C26H26N2O/c1-4-28-24-8-6-5-7-22(24)23-17-21(15-16-25(23)28)27-26(29)20-13-11-19(12-14-20)10-9-18(2)3/h5-18H,4H2,1-3H3,(H,27,29)/b10-9+. The van der Waals surface area contributed by atoms with Crippen LogP contribution in [0.4, 0.5) is 5.69 Å². The van der Waals surface area contributed by atoms with Crippen molar-refractivity contribution in [1.82, 2.24) is 4.57 Å². The number of nitrogens with zero attached hydrogens (tertiary/aromatic N) is 1. The maximum atomic E-state index is 12.7. The molecule has 4 rings (SSSR count). The first-order chi connectivity index (χ1) is 14.1. The molecule has 1 amide bonds. The molecule has 0 aliphatic heterocycles. The van der Waals surface area contributed by atoms with Crippen LogP contribution in [-0.2, 0) is 6.54 Å². The molecular formula is C26H26N2O. The van der Waals surface area contributed by atoms with Crippen molar-refractivity contribution in [3.8, 4) is 0 Å². The number of aryl methyl sites for hydroxylation is 1. The summed E-state index contributed by atoms with van der Waals surface area (Å²) >= 11 is 0. The number of carbonyl (C=O) groups is 1. The van der Waals surface area contributed by atoms with Gasteiger partial charge in [0.05, 0.1) is 0 Å². The third kappa shape index (κ3) is 3.81. The van der Waals surface area contributed by atoms with Gasteiger partial charge in [0.2, 0.25) is 0 Å². The van der Waals surface area contributed by atoms with Crippen LogP contribution in [0.1, 0.15) is 36.7 Å². The molecular weight excluding hydrogens is 356 g/mol. The Balaban J connectivity index is 1.61. The number of anilines is 1. The highest BCUT2D eigenvalue weighted by molar-refractivity contribution is 6.11. The number of aromatic nitrogens is 1. The summed E-state index contributed by atoms with van der Waals surface area (Å²) in [6, 6.07) is 22.2. The molecule has 0 saturated heterocycles. The van der Waals surface area contributed by atoms with Crippen LogP contribution in [-0.4, -0.2) is 10.5 Å². The van der Waals surface area contributed by atoms with Gasteiger partial charge < -0.3 is 9.88 Å². The highest BCUT2D eigenvalue weighted by Crippen LogP contribution is 2.31. The number of rotatable bonds is 5. The lowest BCUT2D eigenvalue weighted by molar-refractivity contribution is 0.102. The first kappa shape index (κ1) is 19.0. The first-order valence-electron chi connectivity index (χ1n) is 10.2. The van der Waals surface area contributed by atoms with Gasteiger partial charge in [-0.2, -0.15) is 0 Å². The number of nitrogens with one attached hydrogen (secondary N) is 1. The average molecular weight is 383 g/mol. The first-order valence-corrected chi connectivity index (χ1v) is 10.2. The van der Waals surface area contributed by atoms with Crippen molar-refractivity contribution in [2.45, 2.75) is 27.3 Å². The molecule has 0 bridgehead atoms. The van der Waals surface area contributed by atoms with Crippen molar-refractivity contribution < 1.29 is 4.79 Å². The molecule has 3 aromatic carbocycles. The second-order valence-electron chi connectivity index (χ2n) is 7.67. The van der Waals surface area contributed by atoms with Crippen LogP contribution in [0.5, 0.6) is 0 Å². The Kier molecular flexibility index (Phi) is 5.22. The fraction of sp³-hybridized carbons (Fsp3) is 0.192. The lowest BCUT2D eigenvalue weighted by atomic mass is 10.1. The number of hydrogen-bond donors (Lipinski definition) is 1. The van der Waals surface area contributed by atoms with Crippen molar-refractivity contribution in [1.29, 1.82) is 0 Å². The van der Waals surface area contributed by atoms with E-state index in [1.807, 2.05) is 30.3 Å². The Bertz CT molecular complexity index is 1200. The van der Waals surface area contributed by atoms with E-state index in [1.165, 1.54) is 16.4 Å². The Hall–Kier alpha value is -3.33. The van der Waals surface area contributed by atoms with Crippen LogP contribution in [0.3, 0.4) is 0 Å². The third-order valence-corrected chi connectivity index (χ3v) is 5.19. The number of para-hydroxylation sites is 1. The molecule has 0 saturated carbocycles. The summed E-state index contributed by atoms with van der Waals surface area (Å²) in [4.78, 5) is 12.7. The van der Waals surface area contributed by atoms with Gasteiger partial charge in [0.25, 0.3) is 5.91 Å². The summed E-state index contributed by atoms with van der Waals surface area (Å²) in [7, 11) is 0. The summed E-state index contributed by atoms with van der Waals surface area (Å²) in [5.74, 6) is 0.412. The van der Waals surface area contributed by atoms with Gasteiger partial charge in [-0.3, -0.25) is 4.79 Å². The predicted octanol–water partition coefficient (Wildman–Crippen LogP) is 6.74. The molecule has 0 atom stereocenters. The minimum absolute atomic E-state index is 0.0945. The summed E-state index contributed by atoms with van der Waals surface area (Å²) < 4.78 is 2.31. The second kappa shape index (κ2) is 7.96. The van der Waals surface area contributed by atoms with Crippen molar-refractivity contribution in [2.24, 2.45) is 5.92 Å². The van der Waals surface area contributed by atoms with E-state index in [2.05, 4.69) is 79.2 Å². The fourth-order valence-electron chi connectivity index (χ4n) is 3.72. The number of amides is 1. The van der Waals surface area contributed by atoms with Crippen LogP contribution in [0.2, 0.25) is 0 Å². The second-order valence-corrected chi connectivity index (χ2v) is 7.67. The number of carbonyl (C=O) groups excluding carboxylic acids is 1. The molecule has 3 nitrogen and oxygen atoms in total. The predicted molar refractivity (Wildman–Crippen MR) is 123 cm³/mol. The Labute approximate surface area is 171 Å². The fourth-order valence-corrected chi connectivity index (χ4v) is 3.72. The van der Waals surface area contributed by atoms with Gasteiger partial charge in [0.1, 0.15) is 0 Å². The average Bonchev–Trinajstić information content (AvgIpc) is 3.05. The van der Waals surface area contributed by atoms with E-state index in [4.69, 9.17) is 0 Å². The van der Waals surface area contributed by atoms with Crippen molar-refractivity contribution >= 4 is 39.5 Å². The summed E-state index contributed by atoms with van der Waals surface area (Å²) in [6.45, 7) is 7.36. The van der Waals surface area contributed by atoms with Crippen molar-refractivity contribution in [3.63, 3.8) is 0 Å². The minimum Gasteiger partial charge on any atom is -0.341 e. The Morgan fingerprint density at radius 3 is 2.41 bits per heavy atom. The van der Waals surface area contributed by atoms with E-state index in [9.17, 15) is 4.79 Å². The quantitative estimate of drug-likeness (QED) is 0.408. The molecule has 0 radical (unpaired) electrons. The van der Waals surface area contributed by atoms with Gasteiger partial charge in [0.15, 0.2) is 0 Å². The third-order valence-electron chi connectivity index (χ3n) is 5.19. The zero-order chi connectivity index (χ0) is 20.4. The van der Waals surface area contributed by atoms with Crippen LogP contribution in [0.25, 0.3) is 27.9 Å². The molecule has 0 spiro atoms. The van der Waals surface area contributed by atoms with E-state index >= 15 is 0 Å². The minimum atomic E-state index is -0.0945. The van der Waals surface area contributed by atoms with Gasteiger partial charge in [-0.05, 0) is 54.8 Å². The van der Waals surface area contributed by atoms with Gasteiger partial charge >= 0.3 is 0 Å². The number of fused-ring (bicyclic) bond motifs is 3. The van der Waals surface area contributed by atoms with E-state index in [0.717, 1.165) is 23.2 Å². The van der Waals surface area contributed by atoms with Crippen molar-refractivity contribution in [2.75, 3.05) is 5.32 Å². The highest BCUT2D eigenvalue weighted by atomic mass is 16.1. The molecule has 0 aliphatic rings. The summed E-state index contributed by atoms with van der Waals surface area (Å²) in [6.07, 6.45) is 4.24. The van der Waals surface area contributed by atoms with Gasteiger partial charge in [-0.15, -0.1) is 0 Å². The van der Waals surface area contributed by atoms with Gasteiger partial charge in [-0.1, -0.05) is 56.3 Å². The van der Waals surface area contributed by atoms with E-state index in [0.29, 0.717) is 11.5 Å². The molecule has 1 N–H and O–H groups in total. The molecule has 1 aromatic heterocycles. The lowest BCUT2D eigenvalue weighted by Crippen LogP contribution is -2.11. The molecule has 4 aromatic rings. The Morgan fingerprint density at radius 2 is 1.69 bits per heavy atom. The van der Waals surface area contributed by atoms with E-state index in [-0.39, 0.29) is 5.91 Å². The number of allylic oxidation sites excluding steroid dienone is 1. The van der Waals surface area contributed by atoms with Crippen molar-refractivity contribution in [3.05, 3.63) is 83.9 Å². The zero-order valence-electron chi connectivity index (χ0n) is 17.1. The smallest absolute Gasteiger partial charge is 0.255 e. The normalized spacial score (nSPS) is 11.7. The molecule has 0 unspecified atom stereocenters. The molecule has 1 heterocycles. The summed E-state index contributed by atoms with van der Waals surface area (Å²) in [5.41, 5.74) is 4.98. The van der Waals surface area contributed by atoms with E-state index in [1.54, 1.807) is 0 Å². The van der Waals surface area contributed by atoms with E-state index < -0.39 is 0 Å². The molecule has 3 heteroatoms. The molecule has 0 aliphatic carbocycles. The SMILES string of the molecule is CCn1c2ccccc2c2cc(NC(=O)c3ccc(/C=C/C(C)C)cc3)ccc21. The monoisotopic (exact) mass is 382 g/mol. The van der Waals surface area contributed by atoms with Gasteiger partial charge in [0, 0.05) is 39.6 Å². The van der Waals surface area contributed by atoms with Crippen LogP contribution in [0, 0.1) is 5.92 Å². The van der Waals surface area contributed by atoms with Gasteiger partial charge in [-0.25, -0.2) is 0 Å². The number of hydrogen-bond acceptors (Lipinski definition) is 1. The molecule has 146 valence electrons. The number of benzene rings is 3. The molecule has 0 fully saturated rings. The topological polar surface area (TPSA) is 34.0 Å². The molecule has 29 heavy (non-hydrogen) atoms. The van der Waals surface area contributed by atoms with Crippen LogP contribution >= 0.6 is 0 Å². The zero-order valence-corrected chi connectivity index (χ0v) is 17.1. The highest BCUT2D eigenvalue weighted by Gasteiger charge is 2.11. The summed E-state index contributed by atoms with van der Waals surface area (Å²) in [5, 5.41) is 5.42. The largest absolute Gasteiger partial charge is 0.341 e. The van der Waals surface area contributed by atoms with Crippen LogP contribution in [0.15, 0.2) is 72.8 Å². The van der Waals surface area contributed by atoms with Crippen LogP contribution < -0.4 is 5.32 Å². The Morgan fingerprint density at radius 1 is 0.966 bits per heavy atom. The lowest BCUT2D eigenvalue weighted by Gasteiger charge is -2.07. The maximum Gasteiger partial charge on any atom is 0.255 e. The maximum absolute atomic E-state index is 12.7.